The SMILES string of the molecule is Cc1noc([C@H](C)NS(=O)(=O)c2ccc(Br)c(C)c2)n1. The lowest BCUT2D eigenvalue weighted by atomic mass is 10.2. The highest BCUT2D eigenvalue weighted by Gasteiger charge is 2.22. The number of nitrogens with one attached hydrogen (secondary N) is 1. The summed E-state index contributed by atoms with van der Waals surface area (Å²) in [5.41, 5.74) is 0.842. The molecule has 0 saturated carbocycles. The lowest BCUT2D eigenvalue weighted by Gasteiger charge is -2.11. The number of halogens is 1. The topological polar surface area (TPSA) is 85.1 Å². The Bertz CT molecular complexity index is 727. The molecule has 0 aliphatic heterocycles. The van der Waals surface area contributed by atoms with Gasteiger partial charge in [-0.3, -0.25) is 0 Å². The zero-order valence-corrected chi connectivity index (χ0v) is 13.6. The molecule has 6 nitrogen and oxygen atoms in total. The molecule has 0 radical (unpaired) electrons. The van der Waals surface area contributed by atoms with E-state index in [1.165, 1.54) is 6.07 Å². The van der Waals surface area contributed by atoms with E-state index < -0.39 is 16.1 Å². The molecule has 1 aromatic heterocycles. The van der Waals surface area contributed by atoms with Gasteiger partial charge in [0.05, 0.1) is 10.9 Å². The third-order valence-electron chi connectivity index (χ3n) is 2.69. The van der Waals surface area contributed by atoms with Crippen LogP contribution in [0.1, 0.15) is 30.2 Å². The maximum absolute atomic E-state index is 12.3. The van der Waals surface area contributed by atoms with Crippen LogP contribution in [-0.4, -0.2) is 18.6 Å². The number of hydrogen-bond acceptors (Lipinski definition) is 5. The van der Waals surface area contributed by atoms with Crippen LogP contribution in [0, 0.1) is 13.8 Å². The van der Waals surface area contributed by atoms with Crippen LogP contribution < -0.4 is 4.72 Å². The summed E-state index contributed by atoms with van der Waals surface area (Å²) in [6, 6.07) is 4.24. The van der Waals surface area contributed by atoms with Crippen molar-refractivity contribution in [1.29, 1.82) is 0 Å². The van der Waals surface area contributed by atoms with E-state index in [2.05, 4.69) is 30.8 Å². The first-order valence-corrected chi connectivity index (χ1v) is 8.16. The molecule has 108 valence electrons. The van der Waals surface area contributed by atoms with E-state index in [0.717, 1.165) is 10.0 Å². The van der Waals surface area contributed by atoms with Gasteiger partial charge in [-0.25, -0.2) is 8.42 Å². The molecule has 0 aliphatic carbocycles. The van der Waals surface area contributed by atoms with Gasteiger partial charge >= 0.3 is 0 Å². The first-order valence-electron chi connectivity index (χ1n) is 5.88. The molecule has 1 atom stereocenters. The van der Waals surface area contributed by atoms with Gasteiger partial charge in [0.15, 0.2) is 5.82 Å². The van der Waals surface area contributed by atoms with Crippen LogP contribution in [0.25, 0.3) is 0 Å². The monoisotopic (exact) mass is 359 g/mol. The summed E-state index contributed by atoms with van der Waals surface area (Å²) in [5, 5.41) is 3.64. The maximum atomic E-state index is 12.3. The average molecular weight is 360 g/mol. The highest BCUT2D eigenvalue weighted by atomic mass is 79.9. The van der Waals surface area contributed by atoms with Crippen molar-refractivity contribution in [1.82, 2.24) is 14.9 Å². The second-order valence-corrected chi connectivity index (χ2v) is 7.00. The van der Waals surface area contributed by atoms with Gasteiger partial charge < -0.3 is 4.52 Å². The van der Waals surface area contributed by atoms with Crippen LogP contribution >= 0.6 is 15.9 Å². The summed E-state index contributed by atoms with van der Waals surface area (Å²) in [6.07, 6.45) is 0. The van der Waals surface area contributed by atoms with Crippen molar-refractivity contribution in [3.8, 4) is 0 Å². The lowest BCUT2D eigenvalue weighted by molar-refractivity contribution is 0.351. The van der Waals surface area contributed by atoms with Gasteiger partial charge in [0.1, 0.15) is 0 Å². The number of hydrogen-bond donors (Lipinski definition) is 1. The van der Waals surface area contributed by atoms with E-state index in [-0.39, 0.29) is 10.8 Å². The fourth-order valence-corrected chi connectivity index (χ4v) is 3.15. The van der Waals surface area contributed by atoms with Crippen LogP contribution in [-0.2, 0) is 10.0 Å². The largest absolute Gasteiger partial charge is 0.338 e. The first-order chi connectivity index (χ1) is 9.29. The Kier molecular flexibility index (Phi) is 4.26. The maximum Gasteiger partial charge on any atom is 0.244 e. The van der Waals surface area contributed by atoms with Gasteiger partial charge in [0.25, 0.3) is 0 Å². The van der Waals surface area contributed by atoms with Gasteiger partial charge in [-0.15, -0.1) is 0 Å². The summed E-state index contributed by atoms with van der Waals surface area (Å²) >= 11 is 3.34. The molecule has 0 fully saturated rings. The average Bonchev–Trinajstić information content (AvgIpc) is 2.79. The lowest BCUT2D eigenvalue weighted by Crippen LogP contribution is -2.27. The van der Waals surface area contributed by atoms with E-state index >= 15 is 0 Å². The fraction of sp³-hybridized carbons (Fsp3) is 0.333. The second-order valence-electron chi connectivity index (χ2n) is 4.43. The quantitative estimate of drug-likeness (QED) is 0.906. The summed E-state index contributed by atoms with van der Waals surface area (Å²) in [5.74, 6) is 0.699. The third-order valence-corrected chi connectivity index (χ3v) is 5.11. The molecule has 0 amide bonds. The van der Waals surface area contributed by atoms with Crippen LogP contribution in [0.3, 0.4) is 0 Å². The first kappa shape index (κ1) is 15.1. The predicted molar refractivity (Wildman–Crippen MR) is 76.7 cm³/mol. The molecule has 1 N–H and O–H groups in total. The number of aryl methyl sites for hydroxylation is 2. The number of nitrogens with zero attached hydrogens (tertiary/aromatic N) is 2. The number of sulfonamides is 1. The molecule has 1 heterocycles. The summed E-state index contributed by atoms with van der Waals surface area (Å²) in [6.45, 7) is 5.15. The zero-order valence-electron chi connectivity index (χ0n) is 11.2. The Hall–Kier alpha value is -1.25. The van der Waals surface area contributed by atoms with Crippen LogP contribution in [0.2, 0.25) is 0 Å². The van der Waals surface area contributed by atoms with Crippen molar-refractivity contribution < 1.29 is 12.9 Å². The normalized spacial score (nSPS) is 13.4. The number of rotatable bonds is 4. The predicted octanol–water partition coefficient (Wildman–Crippen LogP) is 2.49. The van der Waals surface area contributed by atoms with Gasteiger partial charge in [0, 0.05) is 4.47 Å². The van der Waals surface area contributed by atoms with Gasteiger partial charge in [0.2, 0.25) is 15.9 Å². The second kappa shape index (κ2) is 5.63. The molecule has 2 rings (SSSR count). The summed E-state index contributed by atoms with van der Waals surface area (Å²) in [7, 11) is -3.64. The molecule has 2 aromatic rings. The molecular formula is C12H14BrN3O3S. The van der Waals surface area contributed by atoms with Crippen molar-refractivity contribution in [3.05, 3.63) is 40.0 Å². The van der Waals surface area contributed by atoms with Gasteiger partial charge in [-0.05, 0) is 44.5 Å². The Balaban J connectivity index is 2.24. The molecule has 0 unspecified atom stereocenters. The minimum absolute atomic E-state index is 0.196. The highest BCUT2D eigenvalue weighted by molar-refractivity contribution is 9.10. The standard InChI is InChI=1S/C12H14BrN3O3S/c1-7-6-10(4-5-11(7)13)20(17,18)16-8(2)12-14-9(3)15-19-12/h4-6,8,16H,1-3H3/t8-/m0/s1. The van der Waals surface area contributed by atoms with E-state index in [4.69, 9.17) is 4.52 Å². The molecule has 0 saturated heterocycles. The molecule has 1 aromatic carbocycles. The van der Waals surface area contributed by atoms with Crippen LogP contribution in [0.4, 0.5) is 0 Å². The van der Waals surface area contributed by atoms with Crippen LogP contribution in [0.5, 0.6) is 0 Å². The van der Waals surface area contributed by atoms with Crippen LogP contribution in [0.15, 0.2) is 32.1 Å². The number of aromatic nitrogens is 2. The van der Waals surface area contributed by atoms with Crippen molar-refractivity contribution >= 4 is 26.0 Å². The molecule has 0 spiro atoms. The summed E-state index contributed by atoms with van der Waals surface area (Å²) < 4.78 is 32.9. The highest BCUT2D eigenvalue weighted by Crippen LogP contribution is 2.21. The van der Waals surface area contributed by atoms with Crippen molar-refractivity contribution in [2.75, 3.05) is 0 Å². The third kappa shape index (κ3) is 3.25. The minimum Gasteiger partial charge on any atom is -0.338 e. The Morgan fingerprint density at radius 1 is 1.35 bits per heavy atom. The Labute approximate surface area is 125 Å². The van der Waals surface area contributed by atoms with Crippen molar-refractivity contribution in [2.24, 2.45) is 0 Å². The smallest absolute Gasteiger partial charge is 0.244 e. The van der Waals surface area contributed by atoms with Gasteiger partial charge in [-0.1, -0.05) is 21.1 Å². The van der Waals surface area contributed by atoms with E-state index in [1.807, 2.05) is 6.92 Å². The van der Waals surface area contributed by atoms with E-state index in [1.54, 1.807) is 26.0 Å². The molecule has 0 aliphatic rings. The fourth-order valence-electron chi connectivity index (χ4n) is 1.62. The Morgan fingerprint density at radius 2 is 2.05 bits per heavy atom. The van der Waals surface area contributed by atoms with Crippen molar-refractivity contribution in [2.45, 2.75) is 31.7 Å². The molecular weight excluding hydrogens is 346 g/mol. The van der Waals surface area contributed by atoms with Crippen molar-refractivity contribution in [3.63, 3.8) is 0 Å². The van der Waals surface area contributed by atoms with E-state index in [0.29, 0.717) is 5.82 Å². The Morgan fingerprint density at radius 3 is 2.60 bits per heavy atom. The molecule has 0 bridgehead atoms. The molecule has 20 heavy (non-hydrogen) atoms. The zero-order chi connectivity index (χ0) is 14.9. The summed E-state index contributed by atoms with van der Waals surface area (Å²) in [4.78, 5) is 4.20. The number of benzene rings is 1. The molecule has 8 heteroatoms. The minimum atomic E-state index is -3.64. The van der Waals surface area contributed by atoms with E-state index in [9.17, 15) is 8.42 Å². The van der Waals surface area contributed by atoms with Gasteiger partial charge in [-0.2, -0.15) is 9.71 Å².